The zero-order valence-corrected chi connectivity index (χ0v) is 12.0. The van der Waals surface area contributed by atoms with Crippen LogP contribution in [0, 0.1) is 0 Å². The number of aromatic nitrogens is 1. The molecule has 4 rings (SSSR count). The zero-order chi connectivity index (χ0) is 14.9. The first-order valence-electron chi connectivity index (χ1n) is 7.34. The van der Waals surface area contributed by atoms with Crippen molar-refractivity contribution in [3.05, 3.63) is 60.8 Å². The van der Waals surface area contributed by atoms with Crippen LogP contribution in [0.5, 0.6) is 11.5 Å². The average Bonchev–Trinajstić information content (AvgIpc) is 2.52. The normalized spacial score (nSPS) is 14.9. The third-order valence-electron chi connectivity index (χ3n) is 3.87. The molecule has 0 amide bonds. The minimum Gasteiger partial charge on any atom is -0.457 e. The van der Waals surface area contributed by atoms with Crippen LogP contribution in [0.2, 0.25) is 0 Å². The van der Waals surface area contributed by atoms with Crippen LogP contribution in [-0.2, 0) is 0 Å². The number of β-amino-alcohol motifs (C(OH)–C–C–N with tert-alkyl or cyclic N) is 1. The Hall–Kier alpha value is -2.59. The van der Waals surface area contributed by atoms with Gasteiger partial charge >= 0.3 is 0 Å². The van der Waals surface area contributed by atoms with Crippen molar-refractivity contribution in [1.82, 2.24) is 4.98 Å². The third kappa shape index (κ3) is 2.38. The summed E-state index contributed by atoms with van der Waals surface area (Å²) in [4.78, 5) is 6.56. The minimum atomic E-state index is -0.230. The first kappa shape index (κ1) is 13.1. The summed E-state index contributed by atoms with van der Waals surface area (Å²) < 4.78 is 5.90. The summed E-state index contributed by atoms with van der Waals surface area (Å²) in [5.41, 5.74) is 2.02. The molecular weight excluding hydrogens is 276 g/mol. The molecule has 0 unspecified atom stereocenters. The third-order valence-corrected chi connectivity index (χ3v) is 3.87. The second-order valence-electron chi connectivity index (χ2n) is 5.48. The van der Waals surface area contributed by atoms with Crippen molar-refractivity contribution in [1.29, 1.82) is 0 Å². The Morgan fingerprint density at radius 3 is 2.59 bits per heavy atom. The van der Waals surface area contributed by atoms with E-state index in [1.807, 2.05) is 54.6 Å². The van der Waals surface area contributed by atoms with Crippen LogP contribution in [-0.4, -0.2) is 29.3 Å². The molecular formula is C18H16N2O2. The first-order valence-corrected chi connectivity index (χ1v) is 7.34. The summed E-state index contributed by atoms with van der Waals surface area (Å²) in [6, 6.07) is 17.6. The summed E-state index contributed by atoms with van der Waals surface area (Å²) in [6.45, 7) is 1.34. The molecule has 110 valence electrons. The fourth-order valence-electron chi connectivity index (χ4n) is 2.73. The number of nitrogens with zero attached hydrogens (tertiary/aromatic N) is 2. The van der Waals surface area contributed by atoms with Gasteiger partial charge < -0.3 is 14.7 Å². The quantitative estimate of drug-likeness (QED) is 0.805. The maximum Gasteiger partial charge on any atom is 0.128 e. The second-order valence-corrected chi connectivity index (χ2v) is 5.48. The topological polar surface area (TPSA) is 45.6 Å². The molecule has 0 spiro atoms. The van der Waals surface area contributed by atoms with Crippen LogP contribution in [0.3, 0.4) is 0 Å². The van der Waals surface area contributed by atoms with Crippen molar-refractivity contribution >= 4 is 16.6 Å². The Bertz CT molecular complexity index is 799. The highest BCUT2D eigenvalue weighted by atomic mass is 16.5. The molecule has 0 atom stereocenters. The molecule has 0 bridgehead atoms. The monoisotopic (exact) mass is 292 g/mol. The molecule has 1 saturated heterocycles. The van der Waals surface area contributed by atoms with Crippen LogP contribution >= 0.6 is 0 Å². The fraction of sp³-hybridized carbons (Fsp3) is 0.167. The lowest BCUT2D eigenvalue weighted by atomic mass is 10.1. The molecule has 22 heavy (non-hydrogen) atoms. The number of pyridine rings is 1. The molecule has 1 N–H and O–H groups in total. The standard InChI is InChI=1S/C18H16N2O2/c21-13-11-20(12-13)18-8-9-19-17-7-6-15(10-16(17)18)22-14-4-2-1-3-5-14/h1-10,13,21H,11-12H2. The summed E-state index contributed by atoms with van der Waals surface area (Å²) in [5.74, 6) is 1.60. The summed E-state index contributed by atoms with van der Waals surface area (Å²) >= 11 is 0. The van der Waals surface area contributed by atoms with Gasteiger partial charge in [0.15, 0.2) is 0 Å². The highest BCUT2D eigenvalue weighted by molar-refractivity contribution is 5.93. The predicted octanol–water partition coefficient (Wildman–Crippen LogP) is 3.21. The zero-order valence-electron chi connectivity index (χ0n) is 12.0. The van der Waals surface area contributed by atoms with E-state index in [1.54, 1.807) is 6.20 Å². The van der Waals surface area contributed by atoms with Crippen molar-refractivity contribution in [2.75, 3.05) is 18.0 Å². The molecule has 4 heteroatoms. The molecule has 2 heterocycles. The van der Waals surface area contributed by atoms with Gasteiger partial charge in [-0.05, 0) is 36.4 Å². The lowest BCUT2D eigenvalue weighted by Gasteiger charge is -2.38. The van der Waals surface area contributed by atoms with Gasteiger partial charge in [-0.25, -0.2) is 0 Å². The molecule has 0 radical (unpaired) electrons. The average molecular weight is 292 g/mol. The molecule has 0 aliphatic carbocycles. The fourth-order valence-corrected chi connectivity index (χ4v) is 2.73. The molecule has 0 saturated carbocycles. The van der Waals surface area contributed by atoms with Gasteiger partial charge in [-0.15, -0.1) is 0 Å². The van der Waals surface area contributed by atoms with E-state index in [9.17, 15) is 5.11 Å². The second kappa shape index (κ2) is 5.31. The van der Waals surface area contributed by atoms with Gasteiger partial charge in [0, 0.05) is 30.4 Å². The van der Waals surface area contributed by atoms with Crippen LogP contribution in [0.15, 0.2) is 60.8 Å². The Morgan fingerprint density at radius 1 is 1.00 bits per heavy atom. The van der Waals surface area contributed by atoms with Gasteiger partial charge in [0.25, 0.3) is 0 Å². The Morgan fingerprint density at radius 2 is 1.82 bits per heavy atom. The number of rotatable bonds is 3. The lowest BCUT2D eigenvalue weighted by molar-refractivity contribution is 0.142. The molecule has 2 aromatic carbocycles. The van der Waals surface area contributed by atoms with Gasteiger partial charge in [0.05, 0.1) is 11.6 Å². The highest BCUT2D eigenvalue weighted by Crippen LogP contribution is 2.32. The van der Waals surface area contributed by atoms with Gasteiger partial charge in [0.1, 0.15) is 11.5 Å². The van der Waals surface area contributed by atoms with E-state index in [0.29, 0.717) is 13.1 Å². The van der Waals surface area contributed by atoms with E-state index in [-0.39, 0.29) is 6.10 Å². The predicted molar refractivity (Wildman–Crippen MR) is 86.5 cm³/mol. The van der Waals surface area contributed by atoms with Crippen molar-refractivity contribution in [2.24, 2.45) is 0 Å². The van der Waals surface area contributed by atoms with Gasteiger partial charge in [-0.1, -0.05) is 18.2 Å². The number of hydrogen-bond donors (Lipinski definition) is 1. The summed E-state index contributed by atoms with van der Waals surface area (Å²) in [6.07, 6.45) is 1.58. The summed E-state index contributed by atoms with van der Waals surface area (Å²) in [7, 11) is 0. The maximum absolute atomic E-state index is 9.52. The van der Waals surface area contributed by atoms with E-state index in [1.165, 1.54) is 0 Å². The number of fused-ring (bicyclic) bond motifs is 1. The number of para-hydroxylation sites is 1. The SMILES string of the molecule is OC1CN(c2ccnc3ccc(Oc4ccccc4)cc23)C1. The maximum atomic E-state index is 9.52. The van der Waals surface area contributed by atoms with Crippen LogP contribution in [0.25, 0.3) is 10.9 Å². The lowest BCUT2D eigenvalue weighted by Crippen LogP contribution is -2.50. The van der Waals surface area contributed by atoms with Gasteiger partial charge in [0.2, 0.25) is 0 Å². The van der Waals surface area contributed by atoms with Gasteiger partial charge in [-0.3, -0.25) is 4.98 Å². The van der Waals surface area contributed by atoms with Crippen LogP contribution in [0.1, 0.15) is 0 Å². The Balaban J connectivity index is 1.71. The van der Waals surface area contributed by atoms with E-state index in [2.05, 4.69) is 9.88 Å². The van der Waals surface area contributed by atoms with E-state index < -0.39 is 0 Å². The number of hydrogen-bond acceptors (Lipinski definition) is 4. The van der Waals surface area contributed by atoms with Crippen molar-refractivity contribution < 1.29 is 9.84 Å². The number of anilines is 1. The van der Waals surface area contributed by atoms with E-state index in [4.69, 9.17) is 4.74 Å². The number of aliphatic hydroxyl groups excluding tert-OH is 1. The molecule has 1 aliphatic heterocycles. The molecule has 1 aromatic heterocycles. The van der Waals surface area contributed by atoms with Crippen LogP contribution in [0.4, 0.5) is 5.69 Å². The minimum absolute atomic E-state index is 0.230. The van der Waals surface area contributed by atoms with Crippen molar-refractivity contribution in [3.8, 4) is 11.5 Å². The highest BCUT2D eigenvalue weighted by Gasteiger charge is 2.25. The number of aliphatic hydroxyl groups is 1. The number of benzene rings is 2. The van der Waals surface area contributed by atoms with Crippen molar-refractivity contribution in [2.45, 2.75) is 6.10 Å². The van der Waals surface area contributed by atoms with Gasteiger partial charge in [-0.2, -0.15) is 0 Å². The van der Waals surface area contributed by atoms with Crippen LogP contribution < -0.4 is 9.64 Å². The molecule has 1 aliphatic rings. The molecule has 1 fully saturated rings. The largest absolute Gasteiger partial charge is 0.457 e. The first-order chi connectivity index (χ1) is 10.8. The van der Waals surface area contributed by atoms with E-state index in [0.717, 1.165) is 28.1 Å². The Kier molecular flexibility index (Phi) is 3.16. The molecule has 3 aromatic rings. The smallest absolute Gasteiger partial charge is 0.128 e. The Labute approximate surface area is 128 Å². The van der Waals surface area contributed by atoms with E-state index >= 15 is 0 Å². The number of ether oxygens (including phenoxy) is 1. The molecule has 4 nitrogen and oxygen atoms in total. The summed E-state index contributed by atoms with van der Waals surface area (Å²) in [5, 5.41) is 10.6. The van der Waals surface area contributed by atoms with Crippen molar-refractivity contribution in [3.63, 3.8) is 0 Å².